The van der Waals surface area contributed by atoms with Gasteiger partial charge in [-0.2, -0.15) is 0 Å². The molecule has 6 N–H and O–H groups in total. The van der Waals surface area contributed by atoms with E-state index >= 15 is 0 Å². The van der Waals surface area contributed by atoms with E-state index in [1.807, 2.05) is 18.2 Å². The fraction of sp³-hybridized carbons (Fsp3) is 0. The highest BCUT2D eigenvalue weighted by Gasteiger charge is 2.25. The quantitative estimate of drug-likeness (QED) is 0.226. The van der Waals surface area contributed by atoms with Crippen molar-refractivity contribution in [2.45, 2.75) is 0 Å². The number of rotatable bonds is 4. The van der Waals surface area contributed by atoms with Crippen LogP contribution in [0.25, 0.3) is 11.0 Å². The Bertz CT molecular complexity index is 1240. The van der Waals surface area contributed by atoms with Gasteiger partial charge in [-0.05, 0) is 40.2 Å². The van der Waals surface area contributed by atoms with E-state index in [-0.39, 0.29) is 32.0 Å². The van der Waals surface area contributed by atoms with Gasteiger partial charge in [0.2, 0.25) is 5.78 Å². The molecule has 11 heteroatoms. The standard InChI is InChI=1S/C17H11BrCl2N6OS/c18-7-4-8(19)11(12(20)13(7)21)14(27)15-16(22)26-17(28-15)25-6-1-2-9-10(3-6)24-5-23-9/h1-5H,21-22H2,(H,23,24)(H,25,26). The van der Waals surface area contributed by atoms with Crippen LogP contribution < -0.4 is 16.8 Å². The van der Waals surface area contributed by atoms with E-state index in [4.69, 9.17) is 34.7 Å². The van der Waals surface area contributed by atoms with Crippen LogP contribution in [0.1, 0.15) is 15.2 Å². The predicted molar refractivity (Wildman–Crippen MR) is 118 cm³/mol. The van der Waals surface area contributed by atoms with Gasteiger partial charge in [0.1, 0.15) is 10.7 Å². The van der Waals surface area contributed by atoms with Crippen LogP contribution >= 0.6 is 50.5 Å². The maximum Gasteiger partial charge on any atom is 0.209 e. The minimum Gasteiger partial charge on any atom is -0.397 e. The van der Waals surface area contributed by atoms with Crippen molar-refractivity contribution < 1.29 is 4.79 Å². The summed E-state index contributed by atoms with van der Waals surface area (Å²) in [7, 11) is 0. The monoisotopic (exact) mass is 496 g/mol. The molecule has 4 rings (SSSR count). The third-order valence-electron chi connectivity index (χ3n) is 3.96. The number of halogens is 3. The van der Waals surface area contributed by atoms with Crippen molar-refractivity contribution in [1.29, 1.82) is 0 Å². The molecule has 142 valence electrons. The average molecular weight is 498 g/mol. The van der Waals surface area contributed by atoms with Crippen LogP contribution in [0.2, 0.25) is 10.0 Å². The molecular weight excluding hydrogens is 487 g/mol. The van der Waals surface area contributed by atoms with Crippen LogP contribution in [-0.2, 0) is 0 Å². The number of hydrogen-bond acceptors (Lipinski definition) is 7. The molecule has 0 fully saturated rings. The molecule has 4 aromatic rings. The first-order valence-electron chi connectivity index (χ1n) is 7.79. The van der Waals surface area contributed by atoms with Gasteiger partial charge in [0.25, 0.3) is 0 Å². The van der Waals surface area contributed by atoms with Crippen molar-refractivity contribution in [3.05, 3.63) is 55.6 Å². The maximum absolute atomic E-state index is 13.0. The van der Waals surface area contributed by atoms with Gasteiger partial charge in [-0.3, -0.25) is 4.79 Å². The number of nitrogens with two attached hydrogens (primary N) is 2. The van der Waals surface area contributed by atoms with E-state index < -0.39 is 5.78 Å². The van der Waals surface area contributed by atoms with Gasteiger partial charge < -0.3 is 21.8 Å². The summed E-state index contributed by atoms with van der Waals surface area (Å²) in [6, 6.07) is 7.11. The van der Waals surface area contributed by atoms with Crippen LogP contribution in [0.15, 0.2) is 35.1 Å². The number of ketones is 1. The van der Waals surface area contributed by atoms with E-state index in [1.54, 1.807) is 6.33 Å². The lowest BCUT2D eigenvalue weighted by atomic mass is 10.1. The number of hydrogen-bond donors (Lipinski definition) is 4. The maximum atomic E-state index is 13.0. The molecule has 2 aromatic heterocycles. The van der Waals surface area contributed by atoms with E-state index in [0.717, 1.165) is 28.1 Å². The Labute approximate surface area is 181 Å². The molecule has 0 aliphatic rings. The first kappa shape index (κ1) is 19.0. The third-order valence-corrected chi connectivity index (χ3v) is 6.30. The molecule has 0 aliphatic heterocycles. The predicted octanol–water partition coefficient (Wildman–Crippen LogP) is 5.23. The molecule has 2 heterocycles. The number of imidazole rings is 1. The Morgan fingerprint density at radius 2 is 2.04 bits per heavy atom. The second-order valence-electron chi connectivity index (χ2n) is 5.76. The number of carbonyl (C=O) groups excluding carboxylic acids is 1. The van der Waals surface area contributed by atoms with Crippen molar-refractivity contribution in [3.63, 3.8) is 0 Å². The first-order valence-corrected chi connectivity index (χ1v) is 10.2. The molecule has 2 aromatic carbocycles. The number of aromatic amines is 1. The van der Waals surface area contributed by atoms with Gasteiger partial charge in [0, 0.05) is 10.2 Å². The van der Waals surface area contributed by atoms with E-state index in [9.17, 15) is 4.79 Å². The summed E-state index contributed by atoms with van der Waals surface area (Å²) < 4.78 is 0.507. The molecule has 0 amide bonds. The highest BCUT2D eigenvalue weighted by Crippen LogP contribution is 2.39. The number of H-pyrrole nitrogens is 1. The summed E-state index contributed by atoms with van der Waals surface area (Å²) in [5, 5.41) is 3.82. The SMILES string of the molecule is Nc1nc(Nc2ccc3nc[nH]c3c2)sc1C(=O)c1c(Cl)cc(Br)c(N)c1Cl. The van der Waals surface area contributed by atoms with Crippen LogP contribution in [-0.4, -0.2) is 20.7 Å². The fourth-order valence-electron chi connectivity index (χ4n) is 2.61. The molecule has 0 unspecified atom stereocenters. The van der Waals surface area contributed by atoms with Crippen molar-refractivity contribution in [3.8, 4) is 0 Å². The number of nitrogen functional groups attached to an aromatic ring is 2. The molecule has 0 saturated heterocycles. The lowest BCUT2D eigenvalue weighted by Gasteiger charge is -2.09. The fourth-order valence-corrected chi connectivity index (χ4v) is 4.76. The summed E-state index contributed by atoms with van der Waals surface area (Å²) in [4.78, 5) is 24.6. The molecule has 0 aliphatic carbocycles. The normalized spacial score (nSPS) is 11.1. The highest BCUT2D eigenvalue weighted by molar-refractivity contribution is 9.10. The van der Waals surface area contributed by atoms with E-state index in [0.29, 0.717) is 9.60 Å². The van der Waals surface area contributed by atoms with Gasteiger partial charge in [0.05, 0.1) is 38.7 Å². The largest absolute Gasteiger partial charge is 0.397 e. The summed E-state index contributed by atoms with van der Waals surface area (Å²) in [5.41, 5.74) is 14.7. The van der Waals surface area contributed by atoms with Crippen LogP contribution in [0.5, 0.6) is 0 Å². The smallest absolute Gasteiger partial charge is 0.209 e. The van der Waals surface area contributed by atoms with Crippen LogP contribution in [0.4, 0.5) is 22.3 Å². The van der Waals surface area contributed by atoms with Gasteiger partial charge in [-0.25, -0.2) is 9.97 Å². The topological polar surface area (TPSA) is 123 Å². The highest BCUT2D eigenvalue weighted by atomic mass is 79.9. The number of nitrogens with one attached hydrogen (secondary N) is 2. The van der Waals surface area contributed by atoms with E-state index in [2.05, 4.69) is 36.2 Å². The average Bonchev–Trinajstić information content (AvgIpc) is 3.25. The molecule has 0 spiro atoms. The summed E-state index contributed by atoms with van der Waals surface area (Å²) in [5.74, 6) is -0.366. The number of aromatic nitrogens is 3. The molecule has 28 heavy (non-hydrogen) atoms. The van der Waals surface area contributed by atoms with Crippen LogP contribution in [0.3, 0.4) is 0 Å². The molecular formula is C17H11BrCl2N6OS. The Morgan fingerprint density at radius 1 is 1.25 bits per heavy atom. The number of nitrogens with zero attached hydrogens (tertiary/aromatic N) is 2. The second kappa shape index (κ2) is 7.25. The first-order chi connectivity index (χ1) is 13.3. The van der Waals surface area contributed by atoms with Gasteiger partial charge in [0.15, 0.2) is 5.13 Å². The molecule has 0 saturated carbocycles. The third kappa shape index (κ3) is 3.30. The minimum atomic E-state index is -0.443. The van der Waals surface area contributed by atoms with Crippen LogP contribution in [0, 0.1) is 0 Å². The number of anilines is 4. The van der Waals surface area contributed by atoms with Crippen molar-refractivity contribution >= 4 is 89.6 Å². The van der Waals surface area contributed by atoms with Crippen molar-refractivity contribution in [2.75, 3.05) is 16.8 Å². The number of thiazole rings is 1. The van der Waals surface area contributed by atoms with Crippen molar-refractivity contribution in [2.24, 2.45) is 0 Å². The summed E-state index contributed by atoms with van der Waals surface area (Å²) in [6.07, 6.45) is 1.62. The summed E-state index contributed by atoms with van der Waals surface area (Å²) in [6.45, 7) is 0. The molecule has 7 nitrogen and oxygen atoms in total. The Morgan fingerprint density at radius 3 is 2.82 bits per heavy atom. The van der Waals surface area contributed by atoms with Crippen molar-refractivity contribution in [1.82, 2.24) is 15.0 Å². The van der Waals surface area contributed by atoms with Gasteiger partial charge in [-0.1, -0.05) is 34.5 Å². The van der Waals surface area contributed by atoms with Gasteiger partial charge >= 0.3 is 0 Å². The molecule has 0 radical (unpaired) electrons. The molecule has 0 atom stereocenters. The minimum absolute atomic E-state index is 0.0661. The lowest BCUT2D eigenvalue weighted by molar-refractivity contribution is 0.104. The zero-order valence-electron chi connectivity index (χ0n) is 13.9. The zero-order chi connectivity index (χ0) is 20.0. The lowest BCUT2D eigenvalue weighted by Crippen LogP contribution is -2.06. The number of carbonyl (C=O) groups is 1. The van der Waals surface area contributed by atoms with E-state index in [1.165, 1.54) is 6.07 Å². The molecule has 0 bridgehead atoms. The Balaban J connectivity index is 1.68. The number of benzene rings is 2. The Kier molecular flexibility index (Phi) is 4.92. The zero-order valence-corrected chi connectivity index (χ0v) is 17.8. The second-order valence-corrected chi connectivity index (χ2v) is 8.40. The number of fused-ring (bicyclic) bond motifs is 1. The Hall–Kier alpha value is -2.33. The summed E-state index contributed by atoms with van der Waals surface area (Å²) >= 11 is 16.8. The van der Waals surface area contributed by atoms with Gasteiger partial charge in [-0.15, -0.1) is 0 Å².